The van der Waals surface area contributed by atoms with Crippen molar-refractivity contribution in [3.8, 4) is 5.75 Å². The van der Waals surface area contributed by atoms with Crippen LogP contribution in [0.4, 0.5) is 8.78 Å². The predicted octanol–water partition coefficient (Wildman–Crippen LogP) is 5.69. The third kappa shape index (κ3) is 4.19. The molecular weight excluding hydrogens is 362 g/mol. The van der Waals surface area contributed by atoms with Crippen LogP contribution in [0.5, 0.6) is 5.75 Å². The summed E-state index contributed by atoms with van der Waals surface area (Å²) in [5.41, 5.74) is 1.95. The molecule has 0 radical (unpaired) electrons. The van der Waals surface area contributed by atoms with E-state index in [-0.39, 0.29) is 34.8 Å². The number of halogens is 2. The first-order valence-corrected chi connectivity index (χ1v) is 8.93. The summed E-state index contributed by atoms with van der Waals surface area (Å²) in [6.07, 6.45) is 0.522. The van der Waals surface area contributed by atoms with Crippen molar-refractivity contribution in [2.45, 2.75) is 25.2 Å². The van der Waals surface area contributed by atoms with E-state index in [0.717, 1.165) is 11.1 Å². The van der Waals surface area contributed by atoms with Gasteiger partial charge in [-0.3, -0.25) is 0 Å². The smallest absolute Gasteiger partial charge is 0.339 e. The second-order valence-corrected chi connectivity index (χ2v) is 6.84. The molecule has 0 aliphatic carbocycles. The van der Waals surface area contributed by atoms with Gasteiger partial charge in [-0.1, -0.05) is 43.3 Å². The molecule has 3 rings (SSSR count). The van der Waals surface area contributed by atoms with Crippen LogP contribution in [0, 0.1) is 11.6 Å². The highest BCUT2D eigenvalue weighted by Gasteiger charge is 2.24. The van der Waals surface area contributed by atoms with E-state index in [1.807, 2.05) is 6.92 Å². The van der Waals surface area contributed by atoms with Gasteiger partial charge in [0.15, 0.2) is 0 Å². The maximum absolute atomic E-state index is 13.4. The summed E-state index contributed by atoms with van der Waals surface area (Å²) in [5.74, 6) is -2.58. The predicted molar refractivity (Wildman–Crippen MR) is 103 cm³/mol. The van der Waals surface area contributed by atoms with E-state index in [9.17, 15) is 23.8 Å². The van der Waals surface area contributed by atoms with Crippen molar-refractivity contribution in [3.05, 3.63) is 101 Å². The second-order valence-electron chi connectivity index (χ2n) is 6.84. The number of benzene rings is 3. The Labute approximate surface area is 161 Å². The minimum Gasteiger partial charge on any atom is -0.507 e. The highest BCUT2D eigenvalue weighted by Crippen LogP contribution is 2.40. The first-order valence-electron chi connectivity index (χ1n) is 8.93. The van der Waals surface area contributed by atoms with Gasteiger partial charge in [0.1, 0.15) is 22.9 Å². The molecule has 3 aromatic carbocycles. The Kier molecular flexibility index (Phi) is 5.73. The molecule has 0 fully saturated rings. The van der Waals surface area contributed by atoms with Crippen LogP contribution in [0.2, 0.25) is 0 Å². The lowest BCUT2D eigenvalue weighted by atomic mass is 9.81. The van der Waals surface area contributed by atoms with Crippen molar-refractivity contribution in [2.24, 2.45) is 0 Å². The fourth-order valence-corrected chi connectivity index (χ4v) is 3.43. The van der Waals surface area contributed by atoms with Gasteiger partial charge in [-0.05, 0) is 53.8 Å². The highest BCUT2D eigenvalue weighted by atomic mass is 19.1. The Bertz CT molecular complexity index is 966. The van der Waals surface area contributed by atoms with E-state index < -0.39 is 5.97 Å². The number of aromatic carboxylic acids is 1. The maximum atomic E-state index is 13.4. The zero-order valence-electron chi connectivity index (χ0n) is 15.3. The number of hydrogen-bond donors (Lipinski definition) is 2. The van der Waals surface area contributed by atoms with E-state index in [1.54, 1.807) is 36.4 Å². The van der Waals surface area contributed by atoms with Gasteiger partial charge < -0.3 is 10.2 Å². The van der Waals surface area contributed by atoms with E-state index >= 15 is 0 Å². The highest BCUT2D eigenvalue weighted by molar-refractivity contribution is 5.91. The SMILES string of the molecule is CC(CC(c1ccc(F)cc1)c1cccc(C(=O)O)c1O)c1ccc(F)cc1. The minimum atomic E-state index is -1.22. The lowest BCUT2D eigenvalue weighted by molar-refractivity contribution is 0.0693. The van der Waals surface area contributed by atoms with Crippen molar-refractivity contribution < 1.29 is 23.8 Å². The van der Waals surface area contributed by atoms with Crippen molar-refractivity contribution in [1.82, 2.24) is 0 Å². The molecule has 2 atom stereocenters. The Morgan fingerprint density at radius 1 is 0.893 bits per heavy atom. The molecule has 0 aliphatic rings. The Morgan fingerprint density at radius 3 is 1.96 bits per heavy atom. The average Bonchev–Trinajstić information content (AvgIpc) is 2.67. The van der Waals surface area contributed by atoms with Crippen LogP contribution in [-0.2, 0) is 0 Å². The summed E-state index contributed by atoms with van der Waals surface area (Å²) in [5, 5.41) is 19.9. The van der Waals surface area contributed by atoms with Gasteiger partial charge in [0.05, 0.1) is 0 Å². The fraction of sp³-hybridized carbons (Fsp3) is 0.174. The third-order valence-corrected chi connectivity index (χ3v) is 4.97. The number of rotatable bonds is 6. The molecule has 5 heteroatoms. The van der Waals surface area contributed by atoms with Crippen LogP contribution in [0.1, 0.15) is 52.2 Å². The number of para-hydroxylation sites is 1. The number of carbonyl (C=O) groups is 1. The lowest BCUT2D eigenvalue weighted by Crippen LogP contribution is -2.09. The molecule has 0 aromatic heterocycles. The normalized spacial score (nSPS) is 13.1. The van der Waals surface area contributed by atoms with Crippen molar-refractivity contribution in [1.29, 1.82) is 0 Å². The number of aromatic hydroxyl groups is 1. The molecule has 0 bridgehead atoms. The molecular formula is C23H20F2O3. The first kappa shape index (κ1) is 19.5. The van der Waals surface area contributed by atoms with Crippen LogP contribution >= 0.6 is 0 Å². The second kappa shape index (κ2) is 8.21. The monoisotopic (exact) mass is 382 g/mol. The molecule has 0 spiro atoms. The number of carboxylic acids is 1. The van der Waals surface area contributed by atoms with Crippen LogP contribution in [0.25, 0.3) is 0 Å². The zero-order valence-corrected chi connectivity index (χ0v) is 15.3. The molecule has 0 saturated carbocycles. The van der Waals surface area contributed by atoms with Crippen molar-refractivity contribution >= 4 is 5.97 Å². The van der Waals surface area contributed by atoms with Crippen LogP contribution < -0.4 is 0 Å². The van der Waals surface area contributed by atoms with Crippen molar-refractivity contribution in [2.75, 3.05) is 0 Å². The van der Waals surface area contributed by atoms with Gasteiger partial charge in [-0.2, -0.15) is 0 Å². The fourth-order valence-electron chi connectivity index (χ4n) is 3.43. The molecule has 0 heterocycles. The quantitative estimate of drug-likeness (QED) is 0.575. The summed E-state index contributed by atoms with van der Waals surface area (Å²) in [4.78, 5) is 11.4. The van der Waals surface area contributed by atoms with Gasteiger partial charge in [-0.15, -0.1) is 0 Å². The van der Waals surface area contributed by atoms with E-state index in [1.165, 1.54) is 30.3 Å². The molecule has 28 heavy (non-hydrogen) atoms. The third-order valence-electron chi connectivity index (χ3n) is 4.97. The van der Waals surface area contributed by atoms with Crippen LogP contribution in [-0.4, -0.2) is 16.2 Å². The Morgan fingerprint density at radius 2 is 1.43 bits per heavy atom. The molecule has 144 valence electrons. The Balaban J connectivity index is 2.03. The van der Waals surface area contributed by atoms with Crippen LogP contribution in [0.15, 0.2) is 66.7 Å². The standard InChI is InChI=1S/C23H20F2O3/c1-14(15-5-9-17(24)10-6-15)13-21(16-7-11-18(25)12-8-16)19-3-2-4-20(22(19)26)23(27)28/h2-12,14,21,26H,13H2,1H3,(H,27,28). The summed E-state index contributed by atoms with van der Waals surface area (Å²) in [6, 6.07) is 16.7. The van der Waals surface area contributed by atoms with E-state index in [0.29, 0.717) is 12.0 Å². The molecule has 3 aromatic rings. The van der Waals surface area contributed by atoms with Gasteiger partial charge >= 0.3 is 5.97 Å². The van der Waals surface area contributed by atoms with Gasteiger partial charge in [0.25, 0.3) is 0 Å². The van der Waals surface area contributed by atoms with E-state index in [4.69, 9.17) is 0 Å². The summed E-state index contributed by atoms with van der Waals surface area (Å²) >= 11 is 0. The Hall–Kier alpha value is -3.21. The molecule has 0 aliphatic heterocycles. The number of phenols is 1. The number of hydrogen-bond acceptors (Lipinski definition) is 2. The summed E-state index contributed by atoms with van der Waals surface area (Å²) in [7, 11) is 0. The van der Waals surface area contributed by atoms with Crippen molar-refractivity contribution in [3.63, 3.8) is 0 Å². The molecule has 3 nitrogen and oxygen atoms in total. The van der Waals surface area contributed by atoms with Gasteiger partial charge in [0.2, 0.25) is 0 Å². The molecule has 2 N–H and O–H groups in total. The first-order chi connectivity index (χ1) is 13.4. The average molecular weight is 382 g/mol. The minimum absolute atomic E-state index is 0.0106. The van der Waals surface area contributed by atoms with Crippen LogP contribution in [0.3, 0.4) is 0 Å². The zero-order chi connectivity index (χ0) is 20.3. The van der Waals surface area contributed by atoms with Gasteiger partial charge in [-0.25, -0.2) is 13.6 Å². The largest absolute Gasteiger partial charge is 0.507 e. The van der Waals surface area contributed by atoms with E-state index in [2.05, 4.69) is 0 Å². The lowest BCUT2D eigenvalue weighted by Gasteiger charge is -2.24. The summed E-state index contributed by atoms with van der Waals surface area (Å²) in [6.45, 7) is 1.97. The maximum Gasteiger partial charge on any atom is 0.339 e. The molecule has 0 saturated heterocycles. The molecule has 2 unspecified atom stereocenters. The van der Waals surface area contributed by atoms with Gasteiger partial charge in [0, 0.05) is 11.5 Å². The number of carboxylic acid groups (broad SMARTS) is 1. The topological polar surface area (TPSA) is 57.5 Å². The summed E-state index contributed by atoms with van der Waals surface area (Å²) < 4.78 is 26.6. The molecule has 0 amide bonds.